The molecule has 1 unspecified atom stereocenters. The molecule has 2 aliphatic rings. The molecule has 0 aromatic heterocycles. The number of nitrogens with one attached hydrogen (secondary N) is 1. The largest absolute Gasteiger partial charge is 0.354 e. The lowest BCUT2D eigenvalue weighted by atomic mass is 9.99. The fourth-order valence-corrected chi connectivity index (χ4v) is 3.45. The van der Waals surface area contributed by atoms with Crippen molar-refractivity contribution in [2.24, 2.45) is 5.92 Å². The first-order valence-electron chi connectivity index (χ1n) is 7.83. The van der Waals surface area contributed by atoms with Gasteiger partial charge in [-0.2, -0.15) is 0 Å². The molecule has 1 atom stereocenters. The summed E-state index contributed by atoms with van der Waals surface area (Å²) < 4.78 is 0. The third-order valence-corrected chi connectivity index (χ3v) is 4.64. The molecule has 0 radical (unpaired) electrons. The summed E-state index contributed by atoms with van der Waals surface area (Å²) in [6.45, 7) is 5.40. The molecule has 18 heavy (non-hydrogen) atoms. The number of likely N-dealkylation sites (N-methyl/N-ethyl adjacent to an activating group) is 1. The van der Waals surface area contributed by atoms with E-state index in [-0.39, 0.29) is 0 Å². The van der Waals surface area contributed by atoms with Gasteiger partial charge in [0.1, 0.15) is 0 Å². The number of hydrogen-bond acceptors (Lipinski definition) is 2. The molecule has 2 rings (SSSR count). The van der Waals surface area contributed by atoms with Gasteiger partial charge in [-0.25, -0.2) is 0 Å². The maximum atomic E-state index is 12.2. The fraction of sp³-hybridized carbons (Fsp3) is 0.933. The predicted molar refractivity (Wildman–Crippen MR) is 74.5 cm³/mol. The highest BCUT2D eigenvalue weighted by Crippen LogP contribution is 2.23. The molecule has 0 aromatic carbocycles. The summed E-state index contributed by atoms with van der Waals surface area (Å²) >= 11 is 0. The Kier molecular flexibility index (Phi) is 5.48. The zero-order valence-corrected chi connectivity index (χ0v) is 11.8. The van der Waals surface area contributed by atoms with Gasteiger partial charge in [0.05, 0.1) is 0 Å². The van der Waals surface area contributed by atoms with Crippen LogP contribution in [-0.4, -0.2) is 36.5 Å². The van der Waals surface area contributed by atoms with E-state index in [0.717, 1.165) is 25.9 Å². The summed E-state index contributed by atoms with van der Waals surface area (Å²) in [5.74, 6) is 0.615. The van der Waals surface area contributed by atoms with Gasteiger partial charge in [-0.1, -0.05) is 32.6 Å². The van der Waals surface area contributed by atoms with Crippen molar-refractivity contribution in [1.82, 2.24) is 10.2 Å². The Morgan fingerprint density at radius 2 is 1.83 bits per heavy atom. The van der Waals surface area contributed by atoms with Crippen LogP contribution in [0.25, 0.3) is 0 Å². The quantitative estimate of drug-likeness (QED) is 0.780. The fourth-order valence-electron chi connectivity index (χ4n) is 3.45. The van der Waals surface area contributed by atoms with Gasteiger partial charge in [-0.3, -0.25) is 9.69 Å². The molecule has 1 heterocycles. The summed E-state index contributed by atoms with van der Waals surface area (Å²) in [6, 6.07) is 0.588. The smallest absolute Gasteiger partial charge is 0.223 e. The van der Waals surface area contributed by atoms with Crippen LogP contribution in [0.5, 0.6) is 0 Å². The van der Waals surface area contributed by atoms with Crippen molar-refractivity contribution >= 4 is 5.91 Å². The van der Waals surface area contributed by atoms with E-state index in [4.69, 9.17) is 0 Å². The van der Waals surface area contributed by atoms with Crippen LogP contribution in [0.4, 0.5) is 0 Å². The van der Waals surface area contributed by atoms with Crippen LogP contribution in [-0.2, 0) is 4.79 Å². The predicted octanol–water partition coefficient (Wildman–Crippen LogP) is 2.56. The van der Waals surface area contributed by atoms with E-state index in [1.165, 1.54) is 45.1 Å². The van der Waals surface area contributed by atoms with Gasteiger partial charge in [0.25, 0.3) is 0 Å². The van der Waals surface area contributed by atoms with Crippen molar-refractivity contribution in [1.29, 1.82) is 0 Å². The van der Waals surface area contributed by atoms with Gasteiger partial charge in [0.2, 0.25) is 5.91 Å². The van der Waals surface area contributed by atoms with E-state index in [2.05, 4.69) is 17.1 Å². The molecule has 2 fully saturated rings. The van der Waals surface area contributed by atoms with E-state index < -0.39 is 0 Å². The van der Waals surface area contributed by atoms with Crippen molar-refractivity contribution in [2.75, 3.05) is 19.6 Å². The minimum Gasteiger partial charge on any atom is -0.354 e. The molecule has 104 valence electrons. The number of hydrogen-bond donors (Lipinski definition) is 1. The number of carbonyl (C=O) groups excluding carboxylic acids is 1. The van der Waals surface area contributed by atoms with Crippen molar-refractivity contribution in [2.45, 2.75) is 64.3 Å². The second-order valence-electron chi connectivity index (χ2n) is 5.86. The molecule has 3 nitrogen and oxygen atoms in total. The second-order valence-corrected chi connectivity index (χ2v) is 5.86. The summed E-state index contributed by atoms with van der Waals surface area (Å²) in [7, 11) is 0. The lowest BCUT2D eigenvalue weighted by Crippen LogP contribution is -2.42. The van der Waals surface area contributed by atoms with Crippen LogP contribution in [0, 0.1) is 5.92 Å². The Hall–Kier alpha value is -0.570. The normalized spacial score (nSPS) is 27.1. The van der Waals surface area contributed by atoms with Gasteiger partial charge < -0.3 is 5.32 Å². The summed E-state index contributed by atoms with van der Waals surface area (Å²) in [4.78, 5) is 14.7. The molecule has 1 aliphatic carbocycles. The van der Waals surface area contributed by atoms with Crippen LogP contribution in [0.1, 0.15) is 58.3 Å². The number of likely N-dealkylation sites (tertiary alicyclic amines) is 1. The van der Waals surface area contributed by atoms with Crippen LogP contribution in [0.15, 0.2) is 0 Å². The first-order chi connectivity index (χ1) is 8.81. The molecule has 1 aliphatic heterocycles. The topological polar surface area (TPSA) is 32.3 Å². The SMILES string of the molecule is CCN1CCCC1CNC(=O)C1CCCCCC1. The first kappa shape index (κ1) is 13.9. The van der Waals surface area contributed by atoms with E-state index in [9.17, 15) is 4.79 Å². The summed E-state index contributed by atoms with van der Waals surface area (Å²) in [5.41, 5.74) is 0. The summed E-state index contributed by atoms with van der Waals surface area (Å²) in [6.07, 6.45) is 9.86. The molecule has 1 amide bonds. The van der Waals surface area contributed by atoms with E-state index in [0.29, 0.717) is 17.9 Å². The number of carbonyl (C=O) groups is 1. The van der Waals surface area contributed by atoms with Crippen molar-refractivity contribution in [3.05, 3.63) is 0 Å². The molecule has 1 saturated carbocycles. The zero-order chi connectivity index (χ0) is 12.8. The first-order valence-corrected chi connectivity index (χ1v) is 7.83. The maximum Gasteiger partial charge on any atom is 0.223 e. The number of nitrogens with zero attached hydrogens (tertiary/aromatic N) is 1. The van der Waals surface area contributed by atoms with Crippen LogP contribution < -0.4 is 5.32 Å². The van der Waals surface area contributed by atoms with Crippen LogP contribution in [0.3, 0.4) is 0 Å². The lowest BCUT2D eigenvalue weighted by molar-refractivity contribution is -0.125. The molecule has 1 N–H and O–H groups in total. The Morgan fingerprint density at radius 1 is 1.11 bits per heavy atom. The minimum atomic E-state index is 0.295. The van der Waals surface area contributed by atoms with Gasteiger partial charge in [-0.15, -0.1) is 0 Å². The van der Waals surface area contributed by atoms with E-state index in [1.54, 1.807) is 0 Å². The zero-order valence-electron chi connectivity index (χ0n) is 11.8. The highest BCUT2D eigenvalue weighted by molar-refractivity contribution is 5.78. The van der Waals surface area contributed by atoms with Gasteiger partial charge in [0, 0.05) is 18.5 Å². The Morgan fingerprint density at radius 3 is 2.50 bits per heavy atom. The second kappa shape index (κ2) is 7.13. The molecular weight excluding hydrogens is 224 g/mol. The van der Waals surface area contributed by atoms with Gasteiger partial charge in [0.15, 0.2) is 0 Å². The van der Waals surface area contributed by atoms with E-state index >= 15 is 0 Å². The van der Waals surface area contributed by atoms with Crippen molar-refractivity contribution in [3.63, 3.8) is 0 Å². The molecule has 3 heteroatoms. The molecular formula is C15H28N2O. The Labute approximate surface area is 111 Å². The van der Waals surface area contributed by atoms with Crippen molar-refractivity contribution < 1.29 is 4.79 Å². The molecule has 0 spiro atoms. The standard InChI is InChI=1S/C15H28N2O/c1-2-17-11-7-10-14(17)12-16-15(18)13-8-5-3-4-6-9-13/h13-14H,2-12H2,1H3,(H,16,18). The van der Waals surface area contributed by atoms with Crippen LogP contribution >= 0.6 is 0 Å². The van der Waals surface area contributed by atoms with E-state index in [1.807, 2.05) is 0 Å². The number of rotatable bonds is 4. The Bertz CT molecular complexity index is 259. The molecule has 0 bridgehead atoms. The third-order valence-electron chi connectivity index (χ3n) is 4.64. The monoisotopic (exact) mass is 252 g/mol. The third kappa shape index (κ3) is 3.71. The molecule has 0 aromatic rings. The van der Waals surface area contributed by atoms with Crippen molar-refractivity contribution in [3.8, 4) is 0 Å². The molecule has 1 saturated heterocycles. The highest BCUT2D eigenvalue weighted by Gasteiger charge is 2.25. The maximum absolute atomic E-state index is 12.2. The number of amides is 1. The van der Waals surface area contributed by atoms with Gasteiger partial charge >= 0.3 is 0 Å². The van der Waals surface area contributed by atoms with Gasteiger partial charge in [-0.05, 0) is 38.8 Å². The minimum absolute atomic E-state index is 0.295. The van der Waals surface area contributed by atoms with Crippen LogP contribution in [0.2, 0.25) is 0 Å². The summed E-state index contributed by atoms with van der Waals surface area (Å²) in [5, 5.41) is 3.21. The lowest BCUT2D eigenvalue weighted by Gasteiger charge is -2.24. The average Bonchev–Trinajstić information content (AvgIpc) is 2.67. The average molecular weight is 252 g/mol. The Balaban J connectivity index is 1.73. The highest BCUT2D eigenvalue weighted by atomic mass is 16.1.